The van der Waals surface area contributed by atoms with Gasteiger partial charge in [-0.25, -0.2) is 0 Å². The van der Waals surface area contributed by atoms with Gasteiger partial charge in [0, 0.05) is 6.42 Å². The fraction of sp³-hybridized carbons (Fsp3) is 0.914. The summed E-state index contributed by atoms with van der Waals surface area (Å²) < 4.78 is 0. The Morgan fingerprint density at radius 3 is 0.887 bits per heavy atom. The Bertz CT molecular complexity index is 901. The minimum atomic E-state index is -0.837. The molecule has 368 valence electrons. The smallest absolute Gasteiger partial charge is 0.220 e. The van der Waals surface area contributed by atoms with Gasteiger partial charge in [-0.1, -0.05) is 295 Å². The first-order chi connectivity index (χ1) is 30.7. The van der Waals surface area contributed by atoms with Crippen molar-refractivity contribution in [3.8, 4) is 0 Å². The lowest BCUT2D eigenvalue weighted by molar-refractivity contribution is -0.123. The predicted octanol–water partition coefficient (Wildman–Crippen LogP) is 18.7. The first-order valence-electron chi connectivity index (χ1n) is 28.6. The zero-order chi connectivity index (χ0) is 44.9. The zero-order valence-corrected chi connectivity index (χ0v) is 42.4. The molecule has 3 N–H and O–H groups in total. The molecule has 4 heteroatoms. The summed E-state index contributed by atoms with van der Waals surface area (Å²) in [4.78, 5) is 12.5. The van der Waals surface area contributed by atoms with Gasteiger partial charge in [-0.2, -0.15) is 0 Å². The molecule has 0 aliphatic carbocycles. The van der Waals surface area contributed by atoms with Crippen molar-refractivity contribution < 1.29 is 15.0 Å². The summed E-state index contributed by atoms with van der Waals surface area (Å²) in [6, 6.07) is -0.619. The second kappa shape index (κ2) is 54.2. The summed E-state index contributed by atoms with van der Waals surface area (Å²) in [7, 11) is 0. The molecule has 0 aliphatic heterocycles. The fourth-order valence-corrected chi connectivity index (χ4v) is 9.06. The third kappa shape index (κ3) is 49.9. The van der Waals surface area contributed by atoms with Crippen LogP contribution in [0.25, 0.3) is 0 Å². The molecule has 62 heavy (non-hydrogen) atoms. The van der Waals surface area contributed by atoms with Crippen LogP contribution >= 0.6 is 0 Å². The highest BCUT2D eigenvalue weighted by atomic mass is 16.3. The van der Waals surface area contributed by atoms with Crippen molar-refractivity contribution in [1.29, 1.82) is 0 Å². The third-order valence-electron chi connectivity index (χ3n) is 13.4. The van der Waals surface area contributed by atoms with Crippen molar-refractivity contribution in [3.63, 3.8) is 0 Å². The second-order valence-electron chi connectivity index (χ2n) is 19.7. The SMILES string of the molecule is CCCCCCCCCC/C=C\CCCCCCCCCCCCCCCCCCCCCC(=O)NC(CO)C(O)/C=C/CCCCCCCCCCCCCCCCCCC. The van der Waals surface area contributed by atoms with Crippen molar-refractivity contribution in [1.82, 2.24) is 5.32 Å². The maximum absolute atomic E-state index is 12.5. The topological polar surface area (TPSA) is 69.6 Å². The third-order valence-corrected chi connectivity index (χ3v) is 13.4. The summed E-state index contributed by atoms with van der Waals surface area (Å²) in [5.41, 5.74) is 0. The number of hydrogen-bond acceptors (Lipinski definition) is 3. The van der Waals surface area contributed by atoms with Crippen LogP contribution in [-0.2, 0) is 4.79 Å². The Balaban J connectivity index is 3.44. The second-order valence-corrected chi connectivity index (χ2v) is 19.7. The average Bonchev–Trinajstić information content (AvgIpc) is 3.28. The van der Waals surface area contributed by atoms with E-state index >= 15 is 0 Å². The maximum atomic E-state index is 12.5. The molecule has 0 rings (SSSR count). The molecule has 1 amide bonds. The lowest BCUT2D eigenvalue weighted by Gasteiger charge is -2.20. The Labute approximate surface area is 389 Å². The van der Waals surface area contributed by atoms with Crippen LogP contribution in [0.15, 0.2) is 24.3 Å². The molecule has 0 aromatic heterocycles. The molecule has 0 heterocycles. The summed E-state index contributed by atoms with van der Waals surface area (Å²) in [6.07, 6.45) is 72.0. The van der Waals surface area contributed by atoms with E-state index in [0.29, 0.717) is 6.42 Å². The maximum Gasteiger partial charge on any atom is 0.220 e. The molecule has 2 unspecified atom stereocenters. The Morgan fingerprint density at radius 2 is 0.613 bits per heavy atom. The average molecular weight is 873 g/mol. The first kappa shape index (κ1) is 60.9. The highest BCUT2D eigenvalue weighted by Gasteiger charge is 2.18. The summed E-state index contributed by atoms with van der Waals surface area (Å²) in [6.45, 7) is 4.34. The monoisotopic (exact) mass is 872 g/mol. The van der Waals surface area contributed by atoms with E-state index in [0.717, 1.165) is 25.7 Å². The molecule has 0 saturated carbocycles. The van der Waals surface area contributed by atoms with Gasteiger partial charge in [0.15, 0.2) is 0 Å². The van der Waals surface area contributed by atoms with Crippen LogP contribution in [0.5, 0.6) is 0 Å². The largest absolute Gasteiger partial charge is 0.394 e. The van der Waals surface area contributed by atoms with Crippen LogP contribution in [0.2, 0.25) is 0 Å². The Hall–Kier alpha value is -1.13. The van der Waals surface area contributed by atoms with Crippen molar-refractivity contribution in [2.45, 2.75) is 334 Å². The fourth-order valence-electron chi connectivity index (χ4n) is 9.06. The molecule has 0 spiro atoms. The van der Waals surface area contributed by atoms with E-state index in [4.69, 9.17) is 0 Å². The van der Waals surface area contributed by atoms with Crippen LogP contribution < -0.4 is 5.32 Å². The number of carbonyl (C=O) groups excluding carboxylic acids is 1. The van der Waals surface area contributed by atoms with Gasteiger partial charge in [0.05, 0.1) is 18.8 Å². The molecule has 0 aromatic carbocycles. The quantitative estimate of drug-likeness (QED) is 0.0421. The van der Waals surface area contributed by atoms with Crippen LogP contribution in [0.1, 0.15) is 322 Å². The van der Waals surface area contributed by atoms with Crippen molar-refractivity contribution >= 4 is 5.91 Å². The van der Waals surface area contributed by atoms with E-state index in [9.17, 15) is 15.0 Å². The first-order valence-corrected chi connectivity index (χ1v) is 28.6. The molecular formula is C58H113NO3. The summed E-state index contributed by atoms with van der Waals surface area (Å²) >= 11 is 0. The van der Waals surface area contributed by atoms with Crippen LogP contribution in [0.3, 0.4) is 0 Å². The van der Waals surface area contributed by atoms with Crippen LogP contribution in [0.4, 0.5) is 0 Å². The predicted molar refractivity (Wildman–Crippen MR) is 276 cm³/mol. The number of rotatable bonds is 53. The molecular weight excluding hydrogens is 759 g/mol. The van der Waals surface area contributed by atoms with Gasteiger partial charge < -0.3 is 15.5 Å². The van der Waals surface area contributed by atoms with Crippen molar-refractivity contribution in [2.75, 3.05) is 6.61 Å². The number of hydrogen-bond donors (Lipinski definition) is 3. The van der Waals surface area contributed by atoms with Gasteiger partial charge in [0.2, 0.25) is 5.91 Å². The van der Waals surface area contributed by atoms with E-state index in [1.165, 1.54) is 276 Å². The van der Waals surface area contributed by atoms with Crippen molar-refractivity contribution in [2.24, 2.45) is 0 Å². The lowest BCUT2D eigenvalue weighted by atomic mass is 10.0. The van der Waals surface area contributed by atoms with E-state index in [1.807, 2.05) is 6.08 Å². The standard InChI is InChI=1S/C58H113NO3/c1-3-5-7-9-11-13-15-17-19-21-23-24-25-26-27-28-29-30-31-32-33-34-36-38-40-42-44-46-48-50-52-54-58(62)59-56(55-60)57(61)53-51-49-47-45-43-41-39-37-35-22-20-18-16-14-12-10-8-6-4-2/h21,23,51,53,56-57,60-61H,3-20,22,24-50,52,54-55H2,1-2H3,(H,59,62)/b23-21-,53-51+. The summed E-state index contributed by atoms with van der Waals surface area (Å²) in [5.74, 6) is -0.0573. The van der Waals surface area contributed by atoms with Gasteiger partial charge in [-0.05, 0) is 44.9 Å². The summed E-state index contributed by atoms with van der Waals surface area (Å²) in [5, 5.41) is 23.2. The molecule has 0 radical (unpaired) electrons. The zero-order valence-electron chi connectivity index (χ0n) is 42.4. The highest BCUT2D eigenvalue weighted by Crippen LogP contribution is 2.17. The molecule has 2 atom stereocenters. The normalized spacial score (nSPS) is 12.9. The van der Waals surface area contributed by atoms with Crippen molar-refractivity contribution in [3.05, 3.63) is 24.3 Å². The van der Waals surface area contributed by atoms with E-state index < -0.39 is 12.1 Å². The number of unbranched alkanes of at least 4 members (excludes halogenated alkanes) is 44. The molecule has 0 fully saturated rings. The van der Waals surface area contributed by atoms with Crippen LogP contribution in [-0.4, -0.2) is 34.9 Å². The highest BCUT2D eigenvalue weighted by molar-refractivity contribution is 5.76. The van der Waals surface area contributed by atoms with Gasteiger partial charge in [-0.15, -0.1) is 0 Å². The molecule has 0 bridgehead atoms. The van der Waals surface area contributed by atoms with Gasteiger partial charge in [0.25, 0.3) is 0 Å². The number of allylic oxidation sites excluding steroid dienone is 3. The molecule has 0 saturated heterocycles. The Morgan fingerprint density at radius 1 is 0.371 bits per heavy atom. The van der Waals surface area contributed by atoms with Gasteiger partial charge in [0.1, 0.15) is 0 Å². The van der Waals surface area contributed by atoms with Gasteiger partial charge in [-0.3, -0.25) is 4.79 Å². The van der Waals surface area contributed by atoms with Gasteiger partial charge >= 0.3 is 0 Å². The minimum absolute atomic E-state index is 0.0573. The lowest BCUT2D eigenvalue weighted by Crippen LogP contribution is -2.45. The number of aliphatic hydroxyl groups excluding tert-OH is 2. The number of carbonyl (C=O) groups is 1. The molecule has 0 aromatic rings. The molecule has 4 nitrogen and oxygen atoms in total. The number of aliphatic hydroxyl groups is 2. The van der Waals surface area contributed by atoms with E-state index in [2.05, 4.69) is 31.3 Å². The van der Waals surface area contributed by atoms with Crippen LogP contribution in [0, 0.1) is 0 Å². The number of nitrogens with one attached hydrogen (secondary N) is 1. The van der Waals surface area contributed by atoms with E-state index in [1.54, 1.807) is 6.08 Å². The number of amides is 1. The molecule has 0 aliphatic rings. The minimum Gasteiger partial charge on any atom is -0.394 e. The Kier molecular flexibility index (Phi) is 53.2. The van der Waals surface area contributed by atoms with E-state index in [-0.39, 0.29) is 12.5 Å².